The monoisotopic (exact) mass is 251 g/mol. The number of nitrogens with one attached hydrogen (secondary N) is 1. The van der Waals surface area contributed by atoms with Crippen molar-refractivity contribution in [3.63, 3.8) is 0 Å². The molecule has 0 aliphatic heterocycles. The quantitative estimate of drug-likeness (QED) is 0.779. The van der Waals surface area contributed by atoms with Crippen LogP contribution in [0.1, 0.15) is 24.5 Å². The van der Waals surface area contributed by atoms with E-state index in [-0.39, 0.29) is 6.61 Å². The van der Waals surface area contributed by atoms with Gasteiger partial charge in [-0.15, -0.1) is 0 Å². The number of carbonyl (C=O) groups is 1. The van der Waals surface area contributed by atoms with Crippen LogP contribution in [0.2, 0.25) is 0 Å². The molecule has 1 unspecified atom stereocenters. The minimum Gasteiger partial charge on any atom is -0.491 e. The van der Waals surface area contributed by atoms with E-state index in [1.54, 1.807) is 0 Å². The summed E-state index contributed by atoms with van der Waals surface area (Å²) >= 11 is 0. The van der Waals surface area contributed by atoms with Gasteiger partial charge in [-0.3, -0.25) is 4.79 Å². The van der Waals surface area contributed by atoms with Gasteiger partial charge in [0.15, 0.2) is 0 Å². The Balaban J connectivity index is 2.61. The van der Waals surface area contributed by atoms with Crippen LogP contribution in [0.4, 0.5) is 0 Å². The summed E-state index contributed by atoms with van der Waals surface area (Å²) in [5, 5.41) is 12.0. The van der Waals surface area contributed by atoms with Crippen LogP contribution in [0.15, 0.2) is 18.2 Å². The van der Waals surface area contributed by atoms with Gasteiger partial charge in [-0.1, -0.05) is 19.1 Å². The van der Waals surface area contributed by atoms with Crippen molar-refractivity contribution in [1.82, 2.24) is 5.32 Å². The number of hydrogen-bond acceptors (Lipinski definition) is 3. The lowest BCUT2D eigenvalue weighted by molar-refractivity contribution is -0.140. The molecule has 0 aliphatic rings. The molecule has 0 heterocycles. The Kier molecular flexibility index (Phi) is 5.65. The van der Waals surface area contributed by atoms with Crippen molar-refractivity contribution < 1.29 is 14.6 Å². The number of carboxylic acids is 1. The molecule has 0 spiro atoms. The van der Waals surface area contributed by atoms with Crippen LogP contribution in [0.25, 0.3) is 0 Å². The Morgan fingerprint density at radius 1 is 1.44 bits per heavy atom. The average molecular weight is 251 g/mol. The highest BCUT2D eigenvalue weighted by Crippen LogP contribution is 2.20. The van der Waals surface area contributed by atoms with E-state index in [0.29, 0.717) is 6.54 Å². The highest BCUT2D eigenvalue weighted by molar-refractivity contribution is 5.73. The summed E-state index contributed by atoms with van der Waals surface area (Å²) in [7, 11) is 0. The average Bonchev–Trinajstić information content (AvgIpc) is 2.33. The van der Waals surface area contributed by atoms with Crippen LogP contribution in [-0.4, -0.2) is 30.3 Å². The predicted molar refractivity (Wildman–Crippen MR) is 71.1 cm³/mol. The molecule has 0 amide bonds. The maximum Gasteiger partial charge on any atom is 0.324 e. The van der Waals surface area contributed by atoms with Crippen LogP contribution in [0.5, 0.6) is 5.75 Å². The molecule has 1 rings (SSSR count). The first-order valence-corrected chi connectivity index (χ1v) is 6.21. The topological polar surface area (TPSA) is 58.6 Å². The second-order valence-electron chi connectivity index (χ2n) is 4.35. The van der Waals surface area contributed by atoms with E-state index in [4.69, 9.17) is 9.84 Å². The summed E-state index contributed by atoms with van der Waals surface area (Å²) in [5.74, 6) is -0.131. The van der Waals surface area contributed by atoms with E-state index < -0.39 is 12.0 Å². The van der Waals surface area contributed by atoms with Gasteiger partial charge in [0, 0.05) is 0 Å². The lowest BCUT2D eigenvalue weighted by Gasteiger charge is -2.16. The van der Waals surface area contributed by atoms with Crippen molar-refractivity contribution in [2.45, 2.75) is 33.2 Å². The van der Waals surface area contributed by atoms with Crippen molar-refractivity contribution >= 4 is 5.97 Å². The summed E-state index contributed by atoms with van der Waals surface area (Å²) in [5.41, 5.74) is 2.19. The van der Waals surface area contributed by atoms with Crippen molar-refractivity contribution in [2.24, 2.45) is 0 Å². The largest absolute Gasteiger partial charge is 0.491 e. The summed E-state index contributed by atoms with van der Waals surface area (Å²) < 4.78 is 5.59. The number of benzene rings is 1. The number of carboxylic acid groups (broad SMARTS) is 1. The number of hydrogen-bond donors (Lipinski definition) is 2. The van der Waals surface area contributed by atoms with Crippen LogP contribution >= 0.6 is 0 Å². The molecule has 1 aromatic carbocycles. The molecule has 1 atom stereocenters. The van der Waals surface area contributed by atoms with Crippen molar-refractivity contribution in [2.75, 3.05) is 13.2 Å². The van der Waals surface area contributed by atoms with E-state index in [2.05, 4.69) is 5.32 Å². The number of rotatable bonds is 7. The third-order valence-corrected chi connectivity index (χ3v) is 2.90. The molecule has 4 nitrogen and oxygen atoms in total. The molecule has 1 aromatic rings. The number of aryl methyl sites for hydroxylation is 1. The maximum absolute atomic E-state index is 11.0. The SMILES string of the molecule is CCCNC(COc1cccc(C)c1C)C(=O)O. The first-order chi connectivity index (χ1) is 8.56. The van der Waals surface area contributed by atoms with Crippen molar-refractivity contribution in [3.8, 4) is 5.75 Å². The Morgan fingerprint density at radius 3 is 2.78 bits per heavy atom. The van der Waals surface area contributed by atoms with E-state index in [9.17, 15) is 4.79 Å². The second kappa shape index (κ2) is 7.01. The molecule has 4 heteroatoms. The zero-order valence-corrected chi connectivity index (χ0v) is 11.2. The van der Waals surface area contributed by atoms with Gasteiger partial charge in [0.1, 0.15) is 18.4 Å². The molecule has 0 saturated carbocycles. The van der Waals surface area contributed by atoms with Gasteiger partial charge in [-0.25, -0.2) is 0 Å². The zero-order valence-electron chi connectivity index (χ0n) is 11.2. The lowest BCUT2D eigenvalue weighted by Crippen LogP contribution is -2.41. The lowest BCUT2D eigenvalue weighted by atomic mass is 10.1. The fourth-order valence-corrected chi connectivity index (χ4v) is 1.59. The summed E-state index contributed by atoms with van der Waals surface area (Å²) in [4.78, 5) is 11.0. The van der Waals surface area contributed by atoms with Crippen LogP contribution < -0.4 is 10.1 Å². The molecule has 0 radical (unpaired) electrons. The molecule has 100 valence electrons. The Bertz CT molecular complexity index is 404. The first-order valence-electron chi connectivity index (χ1n) is 6.21. The van der Waals surface area contributed by atoms with Gasteiger partial charge < -0.3 is 15.2 Å². The molecule has 0 saturated heterocycles. The van der Waals surface area contributed by atoms with Gasteiger partial charge in [-0.2, -0.15) is 0 Å². The van der Waals surface area contributed by atoms with E-state index >= 15 is 0 Å². The number of ether oxygens (including phenoxy) is 1. The van der Waals surface area contributed by atoms with Gasteiger partial charge in [-0.05, 0) is 44.0 Å². The molecule has 18 heavy (non-hydrogen) atoms. The first kappa shape index (κ1) is 14.5. The van der Waals surface area contributed by atoms with Crippen LogP contribution in [-0.2, 0) is 4.79 Å². The normalized spacial score (nSPS) is 12.2. The highest BCUT2D eigenvalue weighted by atomic mass is 16.5. The van der Waals surface area contributed by atoms with Gasteiger partial charge >= 0.3 is 5.97 Å². The Morgan fingerprint density at radius 2 is 2.17 bits per heavy atom. The van der Waals surface area contributed by atoms with E-state index in [1.807, 2.05) is 39.0 Å². The third kappa shape index (κ3) is 4.04. The highest BCUT2D eigenvalue weighted by Gasteiger charge is 2.17. The van der Waals surface area contributed by atoms with Gasteiger partial charge in [0.05, 0.1) is 0 Å². The number of aliphatic carboxylic acids is 1. The maximum atomic E-state index is 11.0. The molecular weight excluding hydrogens is 230 g/mol. The van der Waals surface area contributed by atoms with Crippen molar-refractivity contribution in [1.29, 1.82) is 0 Å². The summed E-state index contributed by atoms with van der Waals surface area (Å²) in [6.45, 7) is 6.79. The zero-order chi connectivity index (χ0) is 13.5. The predicted octanol–water partition coefficient (Wildman–Crippen LogP) is 2.14. The Hall–Kier alpha value is -1.55. The molecule has 0 aliphatic carbocycles. The molecular formula is C14H21NO3. The van der Waals surface area contributed by atoms with Crippen molar-refractivity contribution in [3.05, 3.63) is 29.3 Å². The smallest absolute Gasteiger partial charge is 0.324 e. The minimum atomic E-state index is -0.881. The summed E-state index contributed by atoms with van der Waals surface area (Å²) in [6.07, 6.45) is 0.896. The molecule has 0 bridgehead atoms. The fourth-order valence-electron chi connectivity index (χ4n) is 1.59. The molecule has 0 aromatic heterocycles. The van der Waals surface area contributed by atoms with Crippen LogP contribution in [0, 0.1) is 13.8 Å². The van der Waals surface area contributed by atoms with Gasteiger partial charge in [0.2, 0.25) is 0 Å². The second-order valence-corrected chi connectivity index (χ2v) is 4.35. The Labute approximate surface area is 108 Å². The van der Waals surface area contributed by atoms with Crippen LogP contribution in [0.3, 0.4) is 0 Å². The molecule has 2 N–H and O–H groups in total. The molecule has 0 fully saturated rings. The minimum absolute atomic E-state index is 0.139. The third-order valence-electron chi connectivity index (χ3n) is 2.90. The fraction of sp³-hybridized carbons (Fsp3) is 0.500. The van der Waals surface area contributed by atoms with Gasteiger partial charge in [0.25, 0.3) is 0 Å². The standard InChI is InChI=1S/C14H21NO3/c1-4-8-15-12(14(16)17)9-18-13-7-5-6-10(2)11(13)3/h5-7,12,15H,4,8-9H2,1-3H3,(H,16,17). The van der Waals surface area contributed by atoms with E-state index in [1.165, 1.54) is 0 Å². The summed E-state index contributed by atoms with van der Waals surface area (Å²) in [6, 6.07) is 5.12. The van der Waals surface area contributed by atoms with E-state index in [0.717, 1.165) is 23.3 Å².